The van der Waals surface area contributed by atoms with Gasteiger partial charge in [-0.1, -0.05) is 27.7 Å². The van der Waals surface area contributed by atoms with E-state index in [0.717, 1.165) is 12.1 Å². The summed E-state index contributed by atoms with van der Waals surface area (Å²) in [6.07, 6.45) is -0.431. The molecule has 7 nitrogen and oxygen atoms in total. The lowest BCUT2D eigenvalue weighted by molar-refractivity contribution is -0.392. The lowest BCUT2D eigenvalue weighted by Gasteiger charge is -2.23. The number of nitro benzene ring substituents is 2. The number of anilines is 1. The fourth-order valence-electron chi connectivity index (χ4n) is 2.00. The molecule has 0 spiro atoms. The fourth-order valence-corrected chi connectivity index (χ4v) is 2.00. The van der Waals surface area contributed by atoms with Gasteiger partial charge in [-0.2, -0.15) is 0 Å². The van der Waals surface area contributed by atoms with Crippen LogP contribution in [0.3, 0.4) is 0 Å². The van der Waals surface area contributed by atoms with Crippen LogP contribution in [-0.4, -0.2) is 22.8 Å². The first-order chi connectivity index (χ1) is 11.8. The first kappa shape index (κ1) is 12.4. The Labute approximate surface area is 135 Å². The number of nitro groups is 2. The average Bonchev–Trinajstić information content (AvgIpc) is 2.53. The lowest BCUT2D eigenvalue weighted by atomic mass is 10.00. The molecule has 1 rings (SSSR count). The topological polar surface area (TPSA) is 89.5 Å². The van der Waals surface area contributed by atoms with Gasteiger partial charge in [-0.05, 0) is 24.3 Å². The molecule has 0 radical (unpaired) electrons. The van der Waals surface area contributed by atoms with Crippen molar-refractivity contribution in [3.8, 4) is 0 Å². The molecule has 122 valence electrons. The molecule has 0 amide bonds. The molecule has 0 atom stereocenters. The Bertz CT molecular complexity index is 659. The van der Waals surface area contributed by atoms with Crippen molar-refractivity contribution in [2.45, 2.75) is 46.5 Å². The minimum Gasteiger partial charge on any atom is -0.360 e. The van der Waals surface area contributed by atoms with Crippen LogP contribution in [0.2, 0.25) is 0 Å². The van der Waals surface area contributed by atoms with E-state index in [4.69, 9.17) is 5.48 Å². The molecule has 22 heavy (non-hydrogen) atoms. The van der Waals surface area contributed by atoms with Gasteiger partial charge in [0.2, 0.25) is 0 Å². The number of benzene rings is 1. The zero-order valence-electron chi connectivity index (χ0n) is 17.1. The molecule has 0 aliphatic carbocycles. The van der Waals surface area contributed by atoms with Crippen LogP contribution < -0.4 is 4.90 Å². The Kier molecular flexibility index (Phi) is 4.34. The predicted molar refractivity (Wildman–Crippen MR) is 86.6 cm³/mol. The van der Waals surface area contributed by atoms with Gasteiger partial charge in [0, 0.05) is 30.6 Å². The quantitative estimate of drug-likeness (QED) is 0.528. The third kappa shape index (κ3) is 3.93. The van der Waals surface area contributed by atoms with E-state index in [1.165, 1.54) is 13.8 Å². The second-order valence-electron chi connectivity index (χ2n) is 4.94. The Morgan fingerprint density at radius 1 is 1.09 bits per heavy atom. The predicted octanol–water partition coefficient (Wildman–Crippen LogP) is 4.25. The molecule has 0 saturated carbocycles. The smallest absolute Gasteiger partial charge is 0.299 e. The monoisotopic (exact) mass is 313 g/mol. The molecule has 1 aromatic rings. The normalized spacial score (nSPS) is 14.8. The molecule has 0 bridgehead atoms. The van der Waals surface area contributed by atoms with Crippen molar-refractivity contribution in [2.75, 3.05) is 17.9 Å². The number of hydrogen-bond donors (Lipinski definition) is 0. The van der Waals surface area contributed by atoms with E-state index in [9.17, 15) is 20.2 Å². The van der Waals surface area contributed by atoms with E-state index in [1.54, 1.807) is 13.8 Å². The number of hydrogen-bond acceptors (Lipinski definition) is 5. The van der Waals surface area contributed by atoms with Crippen molar-refractivity contribution in [3.05, 3.63) is 37.9 Å². The van der Waals surface area contributed by atoms with Crippen molar-refractivity contribution < 1.29 is 15.3 Å². The lowest BCUT2D eigenvalue weighted by Crippen LogP contribution is -2.26. The summed E-state index contributed by atoms with van der Waals surface area (Å²) in [6.45, 7) is 1.59. The largest absolute Gasteiger partial charge is 0.360 e. The van der Waals surface area contributed by atoms with Crippen LogP contribution in [0.1, 0.15) is 57.5 Å². The van der Waals surface area contributed by atoms with Crippen LogP contribution in [-0.2, 0) is 0 Å². The Balaban J connectivity index is 4.02. The third-order valence-electron chi connectivity index (χ3n) is 3.01. The number of nitrogens with zero attached hydrogens (tertiary/aromatic N) is 3. The Morgan fingerprint density at radius 3 is 1.77 bits per heavy atom. The molecule has 0 aromatic heterocycles. The SMILES string of the molecule is [2H]C([2H])(CC)N(c1c([N+](=O)[O-])cc(C(C)C)cc1[N+](=O)[O-])C([2H])([2H])CC. The van der Waals surface area contributed by atoms with Gasteiger partial charge in [-0.15, -0.1) is 0 Å². The third-order valence-corrected chi connectivity index (χ3v) is 3.01. The van der Waals surface area contributed by atoms with E-state index in [-0.39, 0.29) is 18.8 Å². The maximum Gasteiger partial charge on any atom is 0.299 e. The fraction of sp³-hybridized carbons (Fsp3) is 0.600. The summed E-state index contributed by atoms with van der Waals surface area (Å²) < 4.78 is 32.6. The first-order valence-electron chi connectivity index (χ1n) is 9.07. The van der Waals surface area contributed by atoms with Crippen molar-refractivity contribution >= 4 is 17.1 Å². The van der Waals surface area contributed by atoms with Crippen molar-refractivity contribution in [1.29, 1.82) is 0 Å². The molecular formula is C15H23N3O4. The van der Waals surface area contributed by atoms with Crippen molar-refractivity contribution in [1.82, 2.24) is 0 Å². The average molecular weight is 313 g/mol. The maximum atomic E-state index is 11.6. The van der Waals surface area contributed by atoms with E-state index in [1.807, 2.05) is 0 Å². The van der Waals surface area contributed by atoms with Gasteiger partial charge in [-0.25, -0.2) is 0 Å². The number of rotatable bonds is 8. The summed E-state index contributed by atoms with van der Waals surface area (Å²) in [6, 6.07) is 2.30. The minimum absolute atomic E-state index is 0.216. The second kappa shape index (κ2) is 7.72. The molecular weight excluding hydrogens is 286 g/mol. The Morgan fingerprint density at radius 2 is 1.50 bits per heavy atom. The summed E-state index contributed by atoms with van der Waals surface area (Å²) in [5.74, 6) is -0.235. The van der Waals surface area contributed by atoms with Crippen LogP contribution in [0.4, 0.5) is 17.1 Å². The highest BCUT2D eigenvalue weighted by Gasteiger charge is 2.31. The molecule has 0 heterocycles. The molecule has 0 aliphatic rings. The van der Waals surface area contributed by atoms with Crippen LogP contribution in [0, 0.1) is 20.2 Å². The minimum atomic E-state index is -2.37. The highest BCUT2D eigenvalue weighted by atomic mass is 16.6. The Hall–Kier alpha value is -2.18. The van der Waals surface area contributed by atoms with Gasteiger partial charge >= 0.3 is 0 Å². The summed E-state index contributed by atoms with van der Waals surface area (Å²) in [5.41, 5.74) is -1.67. The summed E-state index contributed by atoms with van der Waals surface area (Å²) in [7, 11) is 0. The molecule has 0 aliphatic heterocycles. The summed E-state index contributed by atoms with van der Waals surface area (Å²) in [5, 5.41) is 23.2. The highest BCUT2D eigenvalue weighted by Crippen LogP contribution is 2.40. The van der Waals surface area contributed by atoms with Gasteiger partial charge in [0.15, 0.2) is 5.69 Å². The molecule has 7 heteroatoms. The summed E-state index contributed by atoms with van der Waals surface area (Å²) >= 11 is 0. The highest BCUT2D eigenvalue weighted by molar-refractivity contribution is 5.76. The van der Waals surface area contributed by atoms with Crippen LogP contribution in [0.15, 0.2) is 12.1 Å². The van der Waals surface area contributed by atoms with Crippen molar-refractivity contribution in [3.63, 3.8) is 0 Å². The van der Waals surface area contributed by atoms with Gasteiger partial charge in [0.1, 0.15) is 0 Å². The van der Waals surface area contributed by atoms with E-state index < -0.39 is 39.9 Å². The molecule has 0 unspecified atom stereocenters. The molecule has 0 N–H and O–H groups in total. The van der Waals surface area contributed by atoms with Crippen molar-refractivity contribution in [2.24, 2.45) is 0 Å². The van der Waals surface area contributed by atoms with Crippen LogP contribution in [0.5, 0.6) is 0 Å². The van der Waals surface area contributed by atoms with Gasteiger partial charge < -0.3 is 4.90 Å². The van der Waals surface area contributed by atoms with E-state index >= 15 is 0 Å². The van der Waals surface area contributed by atoms with Gasteiger partial charge in [0.05, 0.1) is 9.85 Å². The maximum absolute atomic E-state index is 11.6. The summed E-state index contributed by atoms with van der Waals surface area (Å²) in [4.78, 5) is 22.1. The zero-order valence-corrected chi connectivity index (χ0v) is 13.1. The van der Waals surface area contributed by atoms with Crippen LogP contribution >= 0.6 is 0 Å². The van der Waals surface area contributed by atoms with Gasteiger partial charge in [-0.3, -0.25) is 20.2 Å². The molecule has 0 fully saturated rings. The van der Waals surface area contributed by atoms with E-state index in [0.29, 0.717) is 10.5 Å². The molecule has 0 saturated heterocycles. The first-order valence-corrected chi connectivity index (χ1v) is 7.07. The van der Waals surface area contributed by atoms with Gasteiger partial charge in [0.25, 0.3) is 11.4 Å². The molecule has 1 aromatic carbocycles. The zero-order chi connectivity index (χ0) is 20.4. The van der Waals surface area contributed by atoms with Crippen LogP contribution in [0.25, 0.3) is 0 Å². The second-order valence-corrected chi connectivity index (χ2v) is 4.94. The standard InChI is InChI=1S/C15H23N3O4/c1-5-7-16(8-6-2)15-13(17(19)20)9-12(11(3)4)10-14(15)18(21)22/h9-11H,5-8H2,1-4H3/i7D2,8D2. The van der Waals surface area contributed by atoms with E-state index in [2.05, 4.69) is 0 Å².